The van der Waals surface area contributed by atoms with Crippen molar-refractivity contribution in [1.82, 2.24) is 0 Å². The molecule has 0 amide bonds. The summed E-state index contributed by atoms with van der Waals surface area (Å²) in [5.74, 6) is -0.0211. The molecule has 2 rings (SSSR count). The minimum absolute atomic E-state index is 0.0102. The van der Waals surface area contributed by atoms with Crippen LogP contribution in [-0.4, -0.2) is 11.6 Å². The third kappa shape index (κ3) is 1.64. The van der Waals surface area contributed by atoms with E-state index in [4.69, 9.17) is 0 Å². The lowest BCUT2D eigenvalue weighted by molar-refractivity contribution is -0.117. The molecule has 0 aromatic rings. The van der Waals surface area contributed by atoms with Crippen molar-refractivity contribution < 1.29 is 9.59 Å². The number of carbonyl (C=O) groups excluding carboxylic acids is 2. The zero-order valence-electron chi connectivity index (χ0n) is 7.59. The van der Waals surface area contributed by atoms with Crippen LogP contribution in [0.1, 0.15) is 0 Å². The second-order valence-electron chi connectivity index (χ2n) is 3.37. The van der Waals surface area contributed by atoms with Crippen LogP contribution in [0.2, 0.25) is 0 Å². The summed E-state index contributed by atoms with van der Waals surface area (Å²) in [6.45, 7) is 0. The van der Waals surface area contributed by atoms with E-state index >= 15 is 0 Å². The number of carbonyl (C=O) groups is 2. The minimum Gasteiger partial charge on any atom is -0.294 e. The summed E-state index contributed by atoms with van der Waals surface area (Å²) >= 11 is 0. The predicted molar refractivity (Wildman–Crippen MR) is 53.6 cm³/mol. The lowest BCUT2D eigenvalue weighted by Gasteiger charge is -2.19. The summed E-state index contributed by atoms with van der Waals surface area (Å²) < 4.78 is 0. The molecule has 70 valence electrons. The molecule has 0 aliphatic heterocycles. The molecule has 0 aromatic carbocycles. The fourth-order valence-corrected chi connectivity index (χ4v) is 1.63. The predicted octanol–water partition coefficient (Wildman–Crippen LogP) is 1.61. The molecule has 1 unspecified atom stereocenters. The SMILES string of the molecule is O=C1C=CC(C2C=CC=CC2=O)C=C1. The molecular weight excluding hydrogens is 176 g/mol. The van der Waals surface area contributed by atoms with Gasteiger partial charge in [-0.15, -0.1) is 0 Å². The highest BCUT2D eigenvalue weighted by Gasteiger charge is 2.23. The summed E-state index contributed by atoms with van der Waals surface area (Å²) in [4.78, 5) is 22.4. The van der Waals surface area contributed by atoms with E-state index in [2.05, 4.69) is 0 Å². The van der Waals surface area contributed by atoms with E-state index in [0.29, 0.717) is 0 Å². The number of rotatable bonds is 1. The van der Waals surface area contributed by atoms with Gasteiger partial charge < -0.3 is 0 Å². The van der Waals surface area contributed by atoms with Gasteiger partial charge in [-0.1, -0.05) is 30.4 Å². The molecule has 0 bridgehead atoms. The zero-order valence-corrected chi connectivity index (χ0v) is 7.59. The van der Waals surface area contributed by atoms with Crippen molar-refractivity contribution in [2.45, 2.75) is 0 Å². The minimum atomic E-state index is -0.138. The third-order valence-corrected chi connectivity index (χ3v) is 2.40. The Kier molecular flexibility index (Phi) is 2.27. The average molecular weight is 186 g/mol. The first kappa shape index (κ1) is 8.88. The summed E-state index contributed by atoms with van der Waals surface area (Å²) in [6, 6.07) is 0. The molecule has 2 heteroatoms. The van der Waals surface area contributed by atoms with Crippen LogP contribution in [0.15, 0.2) is 48.6 Å². The topological polar surface area (TPSA) is 34.1 Å². The van der Waals surface area contributed by atoms with Crippen LogP contribution in [0, 0.1) is 11.8 Å². The molecule has 2 nitrogen and oxygen atoms in total. The molecule has 0 fully saturated rings. The van der Waals surface area contributed by atoms with Gasteiger partial charge in [-0.05, 0) is 18.2 Å². The van der Waals surface area contributed by atoms with E-state index < -0.39 is 0 Å². The highest BCUT2D eigenvalue weighted by molar-refractivity contribution is 6.01. The molecular formula is C12H10O2. The van der Waals surface area contributed by atoms with E-state index in [9.17, 15) is 9.59 Å². The fraction of sp³-hybridized carbons (Fsp3) is 0.167. The van der Waals surface area contributed by atoms with Gasteiger partial charge in [0.1, 0.15) is 0 Å². The maximum Gasteiger partial charge on any atom is 0.178 e. The Morgan fingerprint density at radius 1 is 0.857 bits per heavy atom. The summed E-state index contributed by atoms with van der Waals surface area (Å²) in [6.07, 6.45) is 13.7. The number of hydrogen-bond donors (Lipinski definition) is 0. The standard InChI is InChI=1S/C12H10O2/c13-10-7-5-9(6-8-10)11-3-1-2-4-12(11)14/h1-9,11H. The average Bonchev–Trinajstić information content (AvgIpc) is 2.20. The molecule has 0 saturated carbocycles. The highest BCUT2D eigenvalue weighted by Crippen LogP contribution is 2.23. The first-order valence-electron chi connectivity index (χ1n) is 4.56. The van der Waals surface area contributed by atoms with Gasteiger partial charge in [0.15, 0.2) is 11.6 Å². The molecule has 0 spiro atoms. The van der Waals surface area contributed by atoms with Gasteiger partial charge in [0.25, 0.3) is 0 Å². The molecule has 0 aromatic heterocycles. The Labute approximate surface area is 82.3 Å². The van der Waals surface area contributed by atoms with Crippen molar-refractivity contribution in [2.24, 2.45) is 11.8 Å². The maximum atomic E-state index is 11.5. The van der Waals surface area contributed by atoms with E-state index in [0.717, 1.165) is 0 Å². The van der Waals surface area contributed by atoms with Crippen molar-refractivity contribution in [2.75, 3.05) is 0 Å². The molecule has 0 heterocycles. The molecule has 0 radical (unpaired) electrons. The summed E-state index contributed by atoms with van der Waals surface area (Å²) in [7, 11) is 0. The van der Waals surface area contributed by atoms with Gasteiger partial charge in [0.2, 0.25) is 0 Å². The van der Waals surface area contributed by atoms with Crippen molar-refractivity contribution in [1.29, 1.82) is 0 Å². The van der Waals surface area contributed by atoms with Gasteiger partial charge in [-0.3, -0.25) is 9.59 Å². The number of ketones is 2. The number of allylic oxidation sites excluding steroid dienone is 8. The molecule has 2 aliphatic rings. The van der Waals surface area contributed by atoms with E-state index in [-0.39, 0.29) is 23.4 Å². The van der Waals surface area contributed by atoms with Crippen LogP contribution >= 0.6 is 0 Å². The second kappa shape index (κ2) is 3.58. The van der Waals surface area contributed by atoms with E-state index in [1.165, 1.54) is 12.2 Å². The van der Waals surface area contributed by atoms with Gasteiger partial charge in [0.05, 0.1) is 0 Å². The first-order chi connectivity index (χ1) is 6.77. The monoisotopic (exact) mass is 186 g/mol. The molecule has 0 N–H and O–H groups in total. The first-order valence-corrected chi connectivity index (χ1v) is 4.56. The van der Waals surface area contributed by atoms with E-state index in [1.54, 1.807) is 24.3 Å². The summed E-state index contributed by atoms with van der Waals surface area (Å²) in [5.41, 5.74) is 0. The molecule has 14 heavy (non-hydrogen) atoms. The lowest BCUT2D eigenvalue weighted by atomic mass is 9.83. The molecule has 0 saturated heterocycles. The van der Waals surface area contributed by atoms with Crippen LogP contribution in [0.25, 0.3) is 0 Å². The maximum absolute atomic E-state index is 11.5. The normalized spacial score (nSPS) is 26.1. The number of hydrogen-bond acceptors (Lipinski definition) is 2. The van der Waals surface area contributed by atoms with E-state index in [1.807, 2.05) is 12.2 Å². The largest absolute Gasteiger partial charge is 0.294 e. The van der Waals surface area contributed by atoms with Crippen molar-refractivity contribution in [3.8, 4) is 0 Å². The lowest BCUT2D eigenvalue weighted by Crippen LogP contribution is -2.20. The van der Waals surface area contributed by atoms with Gasteiger partial charge in [-0.2, -0.15) is 0 Å². The van der Waals surface area contributed by atoms with Gasteiger partial charge in [-0.25, -0.2) is 0 Å². The van der Waals surface area contributed by atoms with Gasteiger partial charge in [0, 0.05) is 11.8 Å². The Balaban J connectivity index is 2.17. The fourth-order valence-electron chi connectivity index (χ4n) is 1.63. The highest BCUT2D eigenvalue weighted by atomic mass is 16.1. The second-order valence-corrected chi connectivity index (χ2v) is 3.37. The van der Waals surface area contributed by atoms with Crippen LogP contribution in [0.5, 0.6) is 0 Å². The quantitative estimate of drug-likeness (QED) is 0.623. The Morgan fingerprint density at radius 3 is 2.21 bits per heavy atom. The third-order valence-electron chi connectivity index (χ3n) is 2.40. The Hall–Kier alpha value is -1.70. The van der Waals surface area contributed by atoms with Crippen molar-refractivity contribution >= 4 is 11.6 Å². The smallest absolute Gasteiger partial charge is 0.178 e. The van der Waals surface area contributed by atoms with Crippen LogP contribution in [-0.2, 0) is 9.59 Å². The molecule has 1 atom stereocenters. The zero-order chi connectivity index (χ0) is 9.97. The van der Waals surface area contributed by atoms with Gasteiger partial charge >= 0.3 is 0 Å². The molecule has 2 aliphatic carbocycles. The summed E-state index contributed by atoms with van der Waals surface area (Å²) in [5, 5.41) is 0. The van der Waals surface area contributed by atoms with Crippen molar-refractivity contribution in [3.05, 3.63) is 48.6 Å². The van der Waals surface area contributed by atoms with Crippen LogP contribution < -0.4 is 0 Å². The van der Waals surface area contributed by atoms with Crippen LogP contribution in [0.3, 0.4) is 0 Å². The van der Waals surface area contributed by atoms with Crippen LogP contribution in [0.4, 0.5) is 0 Å². The Morgan fingerprint density at radius 2 is 1.57 bits per heavy atom. The Bertz CT molecular complexity index is 367. The van der Waals surface area contributed by atoms with Crippen molar-refractivity contribution in [3.63, 3.8) is 0 Å².